The first-order chi connectivity index (χ1) is 17.1. The molecular weight excluding hydrogens is 456 g/mol. The third kappa shape index (κ3) is 5.61. The number of nitrogens with zero attached hydrogens (tertiary/aromatic N) is 2. The van der Waals surface area contributed by atoms with Crippen LogP contribution in [0.25, 0.3) is 10.9 Å². The number of anilines is 1. The SMILES string of the molecule is Cc1ccc2[nH]cc(CCN3C(=O)[C@@H](CC(=O)Nc4ccccc4)SC3=NC3CCCCC3)c2c1. The summed E-state index contributed by atoms with van der Waals surface area (Å²) in [6, 6.07) is 16.0. The number of carbonyl (C=O) groups is 2. The summed E-state index contributed by atoms with van der Waals surface area (Å²) in [6.45, 7) is 2.66. The number of aromatic amines is 1. The van der Waals surface area contributed by atoms with Crippen LogP contribution in [0.4, 0.5) is 5.69 Å². The number of aryl methyl sites for hydroxylation is 1. The van der Waals surface area contributed by atoms with Gasteiger partial charge in [0.2, 0.25) is 11.8 Å². The largest absolute Gasteiger partial charge is 0.361 e. The summed E-state index contributed by atoms with van der Waals surface area (Å²) in [5.41, 5.74) is 4.27. The molecule has 6 nitrogen and oxygen atoms in total. The number of carbonyl (C=O) groups excluding carboxylic acids is 2. The molecule has 3 aromatic rings. The fraction of sp³-hybridized carbons (Fsp3) is 0.393. The van der Waals surface area contributed by atoms with E-state index < -0.39 is 5.25 Å². The lowest BCUT2D eigenvalue weighted by molar-refractivity contribution is -0.128. The third-order valence-corrected chi connectivity index (χ3v) is 8.03. The van der Waals surface area contributed by atoms with Crippen LogP contribution < -0.4 is 5.32 Å². The van der Waals surface area contributed by atoms with Gasteiger partial charge in [-0.1, -0.05) is 60.9 Å². The summed E-state index contributed by atoms with van der Waals surface area (Å²) < 4.78 is 0. The van der Waals surface area contributed by atoms with Crippen LogP contribution in [0.2, 0.25) is 0 Å². The highest BCUT2D eigenvalue weighted by Crippen LogP contribution is 2.33. The highest BCUT2D eigenvalue weighted by Gasteiger charge is 2.39. The van der Waals surface area contributed by atoms with Crippen LogP contribution in [-0.2, 0) is 16.0 Å². The Balaban J connectivity index is 1.31. The second kappa shape index (κ2) is 10.7. The van der Waals surface area contributed by atoms with Crippen LogP contribution in [0.1, 0.15) is 49.7 Å². The van der Waals surface area contributed by atoms with Gasteiger partial charge in [-0.15, -0.1) is 0 Å². The zero-order chi connectivity index (χ0) is 24.2. The molecule has 2 heterocycles. The van der Waals surface area contributed by atoms with Gasteiger partial charge >= 0.3 is 0 Å². The van der Waals surface area contributed by atoms with Crippen LogP contribution in [0, 0.1) is 6.92 Å². The van der Waals surface area contributed by atoms with E-state index in [1.807, 2.05) is 41.4 Å². The molecule has 0 spiro atoms. The Bertz CT molecular complexity index is 1230. The molecule has 2 aliphatic rings. The van der Waals surface area contributed by atoms with Crippen molar-refractivity contribution in [2.24, 2.45) is 4.99 Å². The molecule has 1 aromatic heterocycles. The number of hydrogen-bond donors (Lipinski definition) is 2. The van der Waals surface area contributed by atoms with Crippen LogP contribution in [0.5, 0.6) is 0 Å². The van der Waals surface area contributed by atoms with Crippen molar-refractivity contribution in [1.82, 2.24) is 9.88 Å². The Morgan fingerprint density at radius 1 is 1.14 bits per heavy atom. The van der Waals surface area contributed by atoms with Gasteiger partial charge in [0.25, 0.3) is 0 Å². The fourth-order valence-corrected chi connectivity index (χ4v) is 6.18. The van der Waals surface area contributed by atoms with Crippen molar-refractivity contribution < 1.29 is 9.59 Å². The number of rotatable bonds is 7. The lowest BCUT2D eigenvalue weighted by Crippen LogP contribution is -2.35. The quantitative estimate of drug-likeness (QED) is 0.449. The molecule has 0 unspecified atom stereocenters. The number of nitrogens with one attached hydrogen (secondary N) is 2. The van der Waals surface area contributed by atoms with Gasteiger partial charge < -0.3 is 10.3 Å². The van der Waals surface area contributed by atoms with Gasteiger partial charge in [0.05, 0.1) is 6.04 Å². The molecule has 182 valence electrons. The number of aromatic nitrogens is 1. The minimum atomic E-state index is -0.439. The van der Waals surface area contributed by atoms with Gasteiger partial charge in [-0.2, -0.15) is 0 Å². The summed E-state index contributed by atoms with van der Waals surface area (Å²) in [4.78, 5) is 36.4. The van der Waals surface area contributed by atoms with Crippen molar-refractivity contribution in [2.75, 3.05) is 11.9 Å². The summed E-state index contributed by atoms with van der Waals surface area (Å²) in [5.74, 6) is -0.156. The number of aliphatic imine (C=N–C) groups is 1. The van der Waals surface area contributed by atoms with E-state index in [1.165, 1.54) is 47.5 Å². The van der Waals surface area contributed by atoms with Crippen LogP contribution in [0.3, 0.4) is 0 Å². The van der Waals surface area contributed by atoms with E-state index in [4.69, 9.17) is 4.99 Å². The van der Waals surface area contributed by atoms with E-state index in [-0.39, 0.29) is 24.3 Å². The van der Waals surface area contributed by atoms with Crippen molar-refractivity contribution in [2.45, 2.75) is 63.2 Å². The topological polar surface area (TPSA) is 77.6 Å². The fourth-order valence-electron chi connectivity index (χ4n) is 4.94. The second-order valence-corrected chi connectivity index (χ2v) is 10.7. The normalized spacial score (nSPS) is 20.1. The summed E-state index contributed by atoms with van der Waals surface area (Å²) in [5, 5.41) is 4.46. The van der Waals surface area contributed by atoms with Gasteiger partial charge in [0.15, 0.2) is 5.17 Å². The monoisotopic (exact) mass is 488 g/mol. The lowest BCUT2D eigenvalue weighted by atomic mass is 9.96. The summed E-state index contributed by atoms with van der Waals surface area (Å²) in [6.07, 6.45) is 8.72. The predicted molar refractivity (Wildman–Crippen MR) is 144 cm³/mol. The predicted octanol–water partition coefficient (Wildman–Crippen LogP) is 5.68. The van der Waals surface area contributed by atoms with Crippen LogP contribution in [0.15, 0.2) is 59.7 Å². The van der Waals surface area contributed by atoms with Gasteiger partial charge in [-0.3, -0.25) is 19.5 Å². The number of hydrogen-bond acceptors (Lipinski definition) is 4. The van der Waals surface area contributed by atoms with Crippen LogP contribution in [-0.4, -0.2) is 44.7 Å². The number of fused-ring (bicyclic) bond motifs is 1. The maximum absolute atomic E-state index is 13.5. The van der Waals surface area contributed by atoms with Crippen molar-refractivity contribution >= 4 is 45.3 Å². The standard InChI is InChI=1S/C28H32N4O2S/c1-19-12-13-24-23(16-19)20(18-29-24)14-15-32-27(34)25(17-26(33)30-21-8-4-2-5-9-21)35-28(32)31-22-10-6-3-7-11-22/h2,4-5,8-9,12-13,16,18,22,25,29H,3,6-7,10-11,14-15,17H2,1H3,(H,30,33)/t25-/m1/s1. The van der Waals surface area contributed by atoms with E-state index in [2.05, 4.69) is 35.4 Å². The maximum atomic E-state index is 13.5. The number of H-pyrrole nitrogens is 1. The molecule has 2 fully saturated rings. The van der Waals surface area contributed by atoms with E-state index >= 15 is 0 Å². The lowest BCUT2D eigenvalue weighted by Gasteiger charge is -2.21. The summed E-state index contributed by atoms with van der Waals surface area (Å²) >= 11 is 1.46. The first-order valence-corrected chi connectivity index (χ1v) is 13.4. The average Bonchev–Trinajstić information content (AvgIpc) is 3.39. The Kier molecular flexibility index (Phi) is 7.23. The Labute approximate surface area is 210 Å². The number of amides is 2. The Morgan fingerprint density at radius 3 is 2.74 bits per heavy atom. The third-order valence-electron chi connectivity index (χ3n) is 6.84. The molecule has 1 aliphatic carbocycles. The van der Waals surface area contributed by atoms with Crippen LogP contribution >= 0.6 is 11.8 Å². The highest BCUT2D eigenvalue weighted by molar-refractivity contribution is 8.15. The first-order valence-electron chi connectivity index (χ1n) is 12.5. The van der Waals surface area contributed by atoms with Gasteiger partial charge in [-0.25, -0.2) is 0 Å². The van der Waals surface area contributed by atoms with E-state index in [9.17, 15) is 9.59 Å². The average molecular weight is 489 g/mol. The molecular formula is C28H32N4O2S. The van der Waals surface area contributed by atoms with Crippen molar-refractivity contribution in [3.8, 4) is 0 Å². The highest BCUT2D eigenvalue weighted by atomic mass is 32.2. The second-order valence-electron chi connectivity index (χ2n) is 9.53. The minimum absolute atomic E-state index is 0.0104. The van der Waals surface area contributed by atoms with E-state index in [1.54, 1.807) is 0 Å². The number of amidine groups is 1. The molecule has 2 amide bonds. The number of thioether (sulfide) groups is 1. The van der Waals surface area contributed by atoms with Gasteiger partial charge in [-0.05, 0) is 56.0 Å². The van der Waals surface area contributed by atoms with Crippen molar-refractivity contribution in [3.63, 3.8) is 0 Å². The molecule has 1 saturated heterocycles. The maximum Gasteiger partial charge on any atom is 0.242 e. The molecule has 1 aliphatic heterocycles. The smallest absolute Gasteiger partial charge is 0.242 e. The molecule has 35 heavy (non-hydrogen) atoms. The van der Waals surface area contributed by atoms with Gasteiger partial charge in [0, 0.05) is 35.8 Å². The Hall–Kier alpha value is -3.06. The zero-order valence-corrected chi connectivity index (χ0v) is 20.9. The molecule has 1 saturated carbocycles. The van der Waals surface area contributed by atoms with E-state index in [0.29, 0.717) is 6.54 Å². The number of benzene rings is 2. The van der Waals surface area contributed by atoms with Crippen molar-refractivity contribution in [1.29, 1.82) is 0 Å². The first kappa shape index (κ1) is 23.7. The molecule has 0 radical (unpaired) electrons. The number of para-hydroxylation sites is 1. The molecule has 2 N–H and O–H groups in total. The molecule has 2 aromatic carbocycles. The Morgan fingerprint density at radius 2 is 1.94 bits per heavy atom. The van der Waals surface area contributed by atoms with Crippen molar-refractivity contribution in [3.05, 3.63) is 65.9 Å². The summed E-state index contributed by atoms with van der Waals surface area (Å²) in [7, 11) is 0. The minimum Gasteiger partial charge on any atom is -0.361 e. The molecule has 0 bridgehead atoms. The van der Waals surface area contributed by atoms with Gasteiger partial charge in [0.1, 0.15) is 5.25 Å². The molecule has 7 heteroatoms. The molecule has 5 rings (SSSR count). The zero-order valence-electron chi connectivity index (χ0n) is 20.1. The molecule has 1 atom stereocenters. The van der Waals surface area contributed by atoms with E-state index in [0.717, 1.165) is 35.6 Å².